The minimum absolute atomic E-state index is 0.0461. The number of aryl methyl sites for hydroxylation is 2. The number of nitrogens with zero attached hydrogens (tertiary/aromatic N) is 1. The predicted molar refractivity (Wildman–Crippen MR) is 135 cm³/mol. The summed E-state index contributed by atoms with van der Waals surface area (Å²) < 4.78 is 18.0. The van der Waals surface area contributed by atoms with Gasteiger partial charge in [-0.25, -0.2) is 0 Å². The number of carbonyl (C=O) groups is 1. The van der Waals surface area contributed by atoms with E-state index in [0.29, 0.717) is 42.2 Å². The monoisotopic (exact) mass is 475 g/mol. The van der Waals surface area contributed by atoms with E-state index >= 15 is 0 Å². The van der Waals surface area contributed by atoms with E-state index in [1.54, 1.807) is 4.90 Å². The standard InChI is InChI=1S/C29H33NO5/c1-17(2)10-12-34-21-8-5-7-20(15-21)26-25-27(31)23-13-18(3)19(4)14-24(23)35-28(25)29(32)30(26)16-22-9-6-11-33-22/h5,7-8,13-15,17,22,26H,6,9-12,16H2,1-4H3. The Hall–Kier alpha value is -3.12. The Morgan fingerprint density at radius 3 is 2.66 bits per heavy atom. The highest BCUT2D eigenvalue weighted by Crippen LogP contribution is 2.40. The average Bonchev–Trinajstić information content (AvgIpc) is 3.43. The SMILES string of the molecule is Cc1cc2oc3c(c(=O)c2cc1C)C(c1cccc(OCCC(C)C)c1)N(CC1CCCO1)C3=O. The van der Waals surface area contributed by atoms with Crippen molar-refractivity contribution in [3.05, 3.63) is 74.6 Å². The molecule has 1 fully saturated rings. The fraction of sp³-hybridized carbons (Fsp3) is 0.448. The zero-order chi connectivity index (χ0) is 24.7. The van der Waals surface area contributed by atoms with Crippen molar-refractivity contribution < 1.29 is 18.7 Å². The van der Waals surface area contributed by atoms with Crippen LogP contribution in [0, 0.1) is 19.8 Å². The predicted octanol–water partition coefficient (Wildman–Crippen LogP) is 5.56. The van der Waals surface area contributed by atoms with Crippen molar-refractivity contribution in [2.45, 2.75) is 59.1 Å². The van der Waals surface area contributed by atoms with Gasteiger partial charge in [-0.05, 0) is 80.0 Å². The van der Waals surface area contributed by atoms with Crippen molar-refractivity contribution in [3.63, 3.8) is 0 Å². The van der Waals surface area contributed by atoms with Crippen molar-refractivity contribution in [2.24, 2.45) is 5.92 Å². The van der Waals surface area contributed by atoms with Gasteiger partial charge in [-0.15, -0.1) is 0 Å². The molecule has 35 heavy (non-hydrogen) atoms. The molecule has 0 N–H and O–H groups in total. The highest BCUT2D eigenvalue weighted by molar-refractivity contribution is 5.99. The Bertz CT molecular complexity index is 1320. The van der Waals surface area contributed by atoms with Crippen LogP contribution >= 0.6 is 0 Å². The lowest BCUT2D eigenvalue weighted by Crippen LogP contribution is -2.36. The van der Waals surface area contributed by atoms with Crippen LogP contribution in [0.5, 0.6) is 5.75 Å². The molecule has 5 rings (SSSR count). The maximum Gasteiger partial charge on any atom is 0.291 e. The number of benzene rings is 2. The molecule has 2 aliphatic rings. The van der Waals surface area contributed by atoms with E-state index in [4.69, 9.17) is 13.9 Å². The Morgan fingerprint density at radius 2 is 1.91 bits per heavy atom. The molecule has 2 aromatic carbocycles. The number of fused-ring (bicyclic) bond motifs is 2. The number of hydrogen-bond donors (Lipinski definition) is 0. The smallest absolute Gasteiger partial charge is 0.291 e. The van der Waals surface area contributed by atoms with Gasteiger partial charge in [0, 0.05) is 13.2 Å². The van der Waals surface area contributed by atoms with E-state index in [-0.39, 0.29) is 23.2 Å². The molecule has 0 spiro atoms. The zero-order valence-electron chi connectivity index (χ0n) is 20.9. The lowest BCUT2D eigenvalue weighted by Gasteiger charge is -2.27. The van der Waals surface area contributed by atoms with Crippen molar-refractivity contribution in [2.75, 3.05) is 19.8 Å². The first-order valence-electron chi connectivity index (χ1n) is 12.6. The highest BCUT2D eigenvalue weighted by atomic mass is 16.5. The molecule has 1 saturated heterocycles. The van der Waals surface area contributed by atoms with Crippen LogP contribution in [0.2, 0.25) is 0 Å². The summed E-state index contributed by atoms with van der Waals surface area (Å²) >= 11 is 0. The number of rotatable bonds is 7. The molecule has 0 saturated carbocycles. The first-order chi connectivity index (χ1) is 16.8. The van der Waals surface area contributed by atoms with E-state index in [9.17, 15) is 9.59 Å². The number of carbonyl (C=O) groups excluding carboxylic acids is 1. The number of hydrogen-bond acceptors (Lipinski definition) is 5. The van der Waals surface area contributed by atoms with Gasteiger partial charge in [0.25, 0.3) is 5.91 Å². The fourth-order valence-corrected chi connectivity index (χ4v) is 5.00. The van der Waals surface area contributed by atoms with E-state index in [0.717, 1.165) is 41.7 Å². The summed E-state index contributed by atoms with van der Waals surface area (Å²) in [5.41, 5.74) is 3.58. The van der Waals surface area contributed by atoms with Crippen LogP contribution in [-0.4, -0.2) is 36.7 Å². The summed E-state index contributed by atoms with van der Waals surface area (Å²) in [6.07, 6.45) is 2.78. The molecule has 0 bridgehead atoms. The van der Waals surface area contributed by atoms with Gasteiger partial charge in [0.15, 0.2) is 5.43 Å². The zero-order valence-corrected chi connectivity index (χ0v) is 20.9. The summed E-state index contributed by atoms with van der Waals surface area (Å²) in [7, 11) is 0. The molecule has 1 amide bonds. The van der Waals surface area contributed by atoms with Gasteiger partial charge in [0.2, 0.25) is 5.76 Å². The Kier molecular flexibility index (Phi) is 6.41. The summed E-state index contributed by atoms with van der Waals surface area (Å²) in [6, 6.07) is 10.9. The van der Waals surface area contributed by atoms with Gasteiger partial charge in [-0.3, -0.25) is 9.59 Å². The molecule has 3 aromatic rings. The molecule has 3 heterocycles. The van der Waals surface area contributed by atoms with Gasteiger partial charge in [0.05, 0.1) is 29.7 Å². The molecule has 0 aliphatic carbocycles. The van der Waals surface area contributed by atoms with Crippen LogP contribution in [-0.2, 0) is 4.74 Å². The summed E-state index contributed by atoms with van der Waals surface area (Å²) in [5.74, 6) is 1.16. The second-order valence-corrected chi connectivity index (χ2v) is 10.2. The van der Waals surface area contributed by atoms with Gasteiger partial charge >= 0.3 is 0 Å². The molecule has 0 radical (unpaired) electrons. The van der Waals surface area contributed by atoms with Gasteiger partial charge < -0.3 is 18.8 Å². The molecule has 2 aliphatic heterocycles. The Morgan fingerprint density at radius 1 is 1.11 bits per heavy atom. The number of ether oxygens (including phenoxy) is 2. The Labute approximate surface area is 205 Å². The van der Waals surface area contributed by atoms with Crippen molar-refractivity contribution in [3.8, 4) is 5.75 Å². The maximum absolute atomic E-state index is 13.8. The van der Waals surface area contributed by atoms with Gasteiger partial charge in [-0.2, -0.15) is 0 Å². The van der Waals surface area contributed by atoms with E-state index in [1.807, 2.05) is 50.2 Å². The van der Waals surface area contributed by atoms with Gasteiger partial charge in [0.1, 0.15) is 11.3 Å². The molecular formula is C29H33NO5. The second-order valence-electron chi connectivity index (χ2n) is 10.2. The lowest BCUT2D eigenvalue weighted by molar-refractivity contribution is 0.0486. The molecule has 2 unspecified atom stereocenters. The van der Waals surface area contributed by atoms with E-state index < -0.39 is 6.04 Å². The lowest BCUT2D eigenvalue weighted by atomic mass is 9.97. The third kappa shape index (κ3) is 4.47. The van der Waals surface area contributed by atoms with Crippen molar-refractivity contribution in [1.29, 1.82) is 0 Å². The molecule has 2 atom stereocenters. The third-order valence-electron chi connectivity index (χ3n) is 7.14. The minimum Gasteiger partial charge on any atom is -0.494 e. The Balaban J connectivity index is 1.61. The minimum atomic E-state index is -0.544. The molecule has 6 nitrogen and oxygen atoms in total. The van der Waals surface area contributed by atoms with Crippen LogP contribution in [0.1, 0.15) is 72.0 Å². The molecule has 1 aromatic heterocycles. The quantitative estimate of drug-likeness (QED) is 0.448. The molecular weight excluding hydrogens is 442 g/mol. The summed E-state index contributed by atoms with van der Waals surface area (Å²) in [6.45, 7) is 10.0. The van der Waals surface area contributed by atoms with Crippen molar-refractivity contribution >= 4 is 16.9 Å². The highest BCUT2D eigenvalue weighted by Gasteiger charge is 2.44. The topological polar surface area (TPSA) is 69.0 Å². The van der Waals surface area contributed by atoms with E-state index in [1.165, 1.54) is 0 Å². The van der Waals surface area contributed by atoms with Crippen LogP contribution in [0.15, 0.2) is 45.6 Å². The number of amides is 1. The fourth-order valence-electron chi connectivity index (χ4n) is 5.00. The largest absolute Gasteiger partial charge is 0.494 e. The van der Waals surface area contributed by atoms with Crippen LogP contribution in [0.3, 0.4) is 0 Å². The summed E-state index contributed by atoms with van der Waals surface area (Å²) in [4.78, 5) is 29.2. The summed E-state index contributed by atoms with van der Waals surface area (Å²) in [5, 5.41) is 0.507. The third-order valence-corrected chi connectivity index (χ3v) is 7.14. The average molecular weight is 476 g/mol. The molecule has 184 valence electrons. The van der Waals surface area contributed by atoms with Crippen LogP contribution in [0.25, 0.3) is 11.0 Å². The molecule has 6 heteroatoms. The first kappa shape index (κ1) is 23.6. The normalized spacial score (nSPS) is 19.7. The van der Waals surface area contributed by atoms with E-state index in [2.05, 4.69) is 13.8 Å². The van der Waals surface area contributed by atoms with Crippen LogP contribution < -0.4 is 10.2 Å². The van der Waals surface area contributed by atoms with Crippen LogP contribution in [0.4, 0.5) is 0 Å². The first-order valence-corrected chi connectivity index (χ1v) is 12.6. The van der Waals surface area contributed by atoms with Crippen molar-refractivity contribution in [1.82, 2.24) is 4.90 Å². The van der Waals surface area contributed by atoms with Gasteiger partial charge in [-0.1, -0.05) is 26.0 Å². The second kappa shape index (κ2) is 9.50. The maximum atomic E-state index is 13.8.